The Morgan fingerprint density at radius 1 is 1.12 bits per heavy atom. The molecule has 2 aliphatic rings. The van der Waals surface area contributed by atoms with Gasteiger partial charge in [0.15, 0.2) is 5.82 Å². The molecule has 0 bridgehead atoms. The minimum absolute atomic E-state index is 0.0182. The van der Waals surface area contributed by atoms with Crippen LogP contribution in [0, 0.1) is 12.3 Å². The smallest absolute Gasteiger partial charge is 0.263 e. The van der Waals surface area contributed by atoms with E-state index in [1.54, 1.807) is 29.8 Å². The first-order chi connectivity index (χ1) is 15.4. The van der Waals surface area contributed by atoms with Crippen LogP contribution in [0.5, 0.6) is 5.88 Å². The molecule has 9 nitrogen and oxygen atoms in total. The van der Waals surface area contributed by atoms with E-state index in [0.717, 1.165) is 18.9 Å². The van der Waals surface area contributed by atoms with E-state index in [2.05, 4.69) is 30.7 Å². The summed E-state index contributed by atoms with van der Waals surface area (Å²) < 4.78 is 32.9. The maximum atomic E-state index is 12.8. The van der Waals surface area contributed by atoms with Gasteiger partial charge in [0, 0.05) is 43.1 Å². The highest BCUT2D eigenvalue weighted by Crippen LogP contribution is 2.38. The normalized spacial score (nSPS) is 17.0. The maximum Gasteiger partial charge on any atom is 0.263 e. The van der Waals surface area contributed by atoms with Crippen molar-refractivity contribution >= 4 is 11.7 Å². The number of hydrogen-bond donors (Lipinski definition) is 1. The molecule has 0 saturated carbocycles. The molecule has 1 aromatic carbocycles. The quantitative estimate of drug-likeness (QED) is 0.626. The molecule has 0 atom stereocenters. The number of halogens is 2. The number of nitrogens with one attached hydrogen (secondary N) is 1. The molecular formula is C21H21F2N7O2. The number of aromatic nitrogens is 5. The second-order valence-electron chi connectivity index (χ2n) is 8.25. The first kappa shape index (κ1) is 20.3. The van der Waals surface area contributed by atoms with Crippen molar-refractivity contribution in [1.29, 1.82) is 0 Å². The lowest BCUT2D eigenvalue weighted by atomic mass is 9.79. The highest BCUT2D eigenvalue weighted by atomic mass is 19.3. The number of carbonyl (C=O) groups is 1. The second-order valence-corrected chi connectivity index (χ2v) is 8.25. The SMILES string of the molecule is Cc1nnn(-c2ccc(C(F)F)cc2)c1COc1ccc(N2CC3(CNC(=O)C3)C2)nn1. The molecule has 0 aliphatic carbocycles. The second kappa shape index (κ2) is 7.81. The third-order valence-electron chi connectivity index (χ3n) is 5.90. The van der Waals surface area contributed by atoms with Gasteiger partial charge in [0.05, 0.1) is 11.4 Å². The maximum absolute atomic E-state index is 12.8. The number of amides is 1. The number of carbonyl (C=O) groups excluding carboxylic acids is 1. The van der Waals surface area contributed by atoms with Crippen molar-refractivity contribution in [3.05, 3.63) is 53.3 Å². The molecule has 1 spiro atoms. The fourth-order valence-corrected chi connectivity index (χ4v) is 4.11. The molecule has 1 amide bonds. The third kappa shape index (κ3) is 3.74. The lowest BCUT2D eigenvalue weighted by molar-refractivity contribution is -0.119. The Morgan fingerprint density at radius 3 is 2.53 bits per heavy atom. The van der Waals surface area contributed by atoms with Crippen LogP contribution in [-0.2, 0) is 11.4 Å². The molecule has 2 saturated heterocycles. The van der Waals surface area contributed by atoms with Crippen molar-refractivity contribution in [2.45, 2.75) is 26.4 Å². The van der Waals surface area contributed by atoms with E-state index >= 15 is 0 Å². The number of anilines is 1. The minimum atomic E-state index is -2.52. The van der Waals surface area contributed by atoms with Gasteiger partial charge in [-0.2, -0.15) is 0 Å². The van der Waals surface area contributed by atoms with Gasteiger partial charge in [-0.05, 0) is 25.1 Å². The van der Waals surface area contributed by atoms with E-state index in [1.807, 2.05) is 6.07 Å². The molecule has 3 aromatic rings. The summed E-state index contributed by atoms with van der Waals surface area (Å²) in [6.07, 6.45) is -1.96. The lowest BCUT2D eigenvalue weighted by Crippen LogP contribution is -2.57. The van der Waals surface area contributed by atoms with Gasteiger partial charge < -0.3 is 15.0 Å². The first-order valence-corrected chi connectivity index (χ1v) is 10.2. The molecule has 2 fully saturated rings. The summed E-state index contributed by atoms with van der Waals surface area (Å²) in [6.45, 7) is 4.20. The molecule has 11 heteroatoms. The van der Waals surface area contributed by atoms with Crippen LogP contribution in [0.3, 0.4) is 0 Å². The number of nitrogens with zero attached hydrogens (tertiary/aromatic N) is 6. The number of ether oxygens (including phenoxy) is 1. The predicted molar refractivity (Wildman–Crippen MR) is 110 cm³/mol. The number of benzene rings is 1. The van der Waals surface area contributed by atoms with E-state index in [-0.39, 0.29) is 23.5 Å². The Kier molecular flexibility index (Phi) is 4.95. The number of aryl methyl sites for hydroxylation is 1. The van der Waals surface area contributed by atoms with E-state index in [0.29, 0.717) is 35.9 Å². The van der Waals surface area contributed by atoms with E-state index < -0.39 is 6.43 Å². The Hall–Kier alpha value is -3.63. The summed E-state index contributed by atoms with van der Waals surface area (Å²) in [4.78, 5) is 13.6. The lowest BCUT2D eigenvalue weighted by Gasteiger charge is -2.47. The minimum Gasteiger partial charge on any atom is -0.470 e. The van der Waals surface area contributed by atoms with E-state index in [4.69, 9.17) is 4.74 Å². The summed E-state index contributed by atoms with van der Waals surface area (Å²) >= 11 is 0. The number of rotatable bonds is 6. The van der Waals surface area contributed by atoms with Crippen molar-refractivity contribution in [2.75, 3.05) is 24.5 Å². The van der Waals surface area contributed by atoms with Crippen molar-refractivity contribution in [3.63, 3.8) is 0 Å². The molecule has 1 N–H and O–H groups in total. The summed E-state index contributed by atoms with van der Waals surface area (Å²) in [7, 11) is 0. The Morgan fingerprint density at radius 2 is 1.91 bits per heavy atom. The van der Waals surface area contributed by atoms with Gasteiger partial charge in [-0.15, -0.1) is 15.3 Å². The zero-order valence-electron chi connectivity index (χ0n) is 17.3. The van der Waals surface area contributed by atoms with Gasteiger partial charge in [0.2, 0.25) is 11.8 Å². The van der Waals surface area contributed by atoms with Crippen molar-refractivity contribution in [3.8, 4) is 11.6 Å². The fourth-order valence-electron chi connectivity index (χ4n) is 4.11. The predicted octanol–water partition coefficient (Wildman–Crippen LogP) is 2.21. The highest BCUT2D eigenvalue weighted by Gasteiger charge is 2.48. The van der Waals surface area contributed by atoms with E-state index in [1.165, 1.54) is 12.1 Å². The van der Waals surface area contributed by atoms with Gasteiger partial charge in [-0.25, -0.2) is 13.5 Å². The molecule has 4 heterocycles. The Balaban J connectivity index is 1.23. The van der Waals surface area contributed by atoms with Crippen LogP contribution >= 0.6 is 0 Å². The van der Waals surface area contributed by atoms with Crippen LogP contribution in [-0.4, -0.2) is 50.7 Å². The van der Waals surface area contributed by atoms with Crippen molar-refractivity contribution < 1.29 is 18.3 Å². The van der Waals surface area contributed by atoms with Gasteiger partial charge in [0.25, 0.3) is 6.43 Å². The average molecular weight is 441 g/mol. The molecule has 5 rings (SSSR count). The van der Waals surface area contributed by atoms with Crippen LogP contribution in [0.4, 0.5) is 14.6 Å². The molecule has 0 unspecified atom stereocenters. The van der Waals surface area contributed by atoms with Crippen LogP contribution in [0.15, 0.2) is 36.4 Å². The third-order valence-corrected chi connectivity index (χ3v) is 5.90. The highest BCUT2D eigenvalue weighted by molar-refractivity contribution is 5.80. The standard InChI is InChI=1S/C21H21F2N7O2/c1-13-16(30(28-25-13)15-4-2-14(3-5-15)20(22)23)9-32-19-7-6-17(26-27-19)29-11-21(12-29)8-18(31)24-10-21/h2-7,20H,8-12H2,1H3,(H,24,31). The van der Waals surface area contributed by atoms with Crippen molar-refractivity contribution in [2.24, 2.45) is 5.41 Å². The van der Waals surface area contributed by atoms with Crippen molar-refractivity contribution in [1.82, 2.24) is 30.5 Å². The zero-order chi connectivity index (χ0) is 22.3. The first-order valence-electron chi connectivity index (χ1n) is 10.2. The summed E-state index contributed by atoms with van der Waals surface area (Å²) in [6, 6.07) is 9.45. The number of alkyl halides is 2. The summed E-state index contributed by atoms with van der Waals surface area (Å²) in [5.41, 5.74) is 1.93. The van der Waals surface area contributed by atoms with Crippen LogP contribution in [0.1, 0.15) is 29.8 Å². The summed E-state index contributed by atoms with van der Waals surface area (Å²) in [5, 5.41) is 19.4. The van der Waals surface area contributed by atoms with Gasteiger partial charge in [-0.1, -0.05) is 17.3 Å². The molecule has 2 aromatic heterocycles. The average Bonchev–Trinajstić information content (AvgIpc) is 3.34. The monoisotopic (exact) mass is 441 g/mol. The molecule has 166 valence electrons. The fraction of sp³-hybridized carbons (Fsp3) is 0.381. The van der Waals surface area contributed by atoms with E-state index in [9.17, 15) is 13.6 Å². The molecule has 32 heavy (non-hydrogen) atoms. The van der Waals surface area contributed by atoms with Gasteiger partial charge in [-0.3, -0.25) is 4.79 Å². The van der Waals surface area contributed by atoms with Crippen LogP contribution < -0.4 is 15.0 Å². The Bertz CT molecular complexity index is 1130. The zero-order valence-corrected chi connectivity index (χ0v) is 17.3. The van der Waals surface area contributed by atoms with Gasteiger partial charge in [0.1, 0.15) is 12.3 Å². The molecular weight excluding hydrogens is 420 g/mol. The summed E-state index contributed by atoms with van der Waals surface area (Å²) in [5.74, 6) is 1.19. The molecule has 2 aliphatic heterocycles. The van der Waals surface area contributed by atoms with Gasteiger partial charge >= 0.3 is 0 Å². The Labute approximate surface area is 182 Å². The van der Waals surface area contributed by atoms with Crippen LogP contribution in [0.25, 0.3) is 5.69 Å². The topological polar surface area (TPSA) is 98.1 Å². The molecule has 0 radical (unpaired) electrons. The number of hydrogen-bond acceptors (Lipinski definition) is 7. The van der Waals surface area contributed by atoms with Crippen LogP contribution in [0.2, 0.25) is 0 Å². The largest absolute Gasteiger partial charge is 0.470 e.